The zero-order chi connectivity index (χ0) is 23.0. The number of allylic oxidation sites excluding steroid dienone is 1. The lowest BCUT2D eigenvalue weighted by atomic mass is 9.83. The van der Waals surface area contributed by atoms with Gasteiger partial charge in [-0.15, -0.1) is 0 Å². The number of nitriles is 1. The van der Waals surface area contributed by atoms with E-state index in [0.717, 1.165) is 16.5 Å². The molecule has 0 fully saturated rings. The number of rotatable bonds is 4. The van der Waals surface area contributed by atoms with Gasteiger partial charge >= 0.3 is 0 Å². The maximum absolute atomic E-state index is 11.5. The maximum Gasteiger partial charge on any atom is 0.222 e. The van der Waals surface area contributed by atoms with Crippen molar-refractivity contribution in [3.63, 3.8) is 0 Å². The second kappa shape index (κ2) is 8.40. The summed E-state index contributed by atoms with van der Waals surface area (Å²) in [6.45, 7) is 1.41. The Morgan fingerprint density at radius 1 is 1.25 bits per heavy atom. The summed E-state index contributed by atoms with van der Waals surface area (Å²) in [5, 5.41) is 13.4. The Kier molecular flexibility index (Phi) is 5.63. The van der Waals surface area contributed by atoms with Crippen LogP contribution in [0.15, 0.2) is 52.3 Å². The van der Waals surface area contributed by atoms with E-state index in [2.05, 4.69) is 32.3 Å². The van der Waals surface area contributed by atoms with E-state index in [-0.39, 0.29) is 17.4 Å². The quantitative estimate of drug-likeness (QED) is 0.557. The van der Waals surface area contributed by atoms with Crippen molar-refractivity contribution in [2.24, 2.45) is 5.73 Å². The van der Waals surface area contributed by atoms with Crippen molar-refractivity contribution in [3.05, 3.63) is 63.5 Å². The van der Waals surface area contributed by atoms with Gasteiger partial charge in [-0.25, -0.2) is 4.98 Å². The number of nitrogens with zero attached hydrogens (tertiary/aromatic N) is 2. The largest absolute Gasteiger partial charge is 0.493 e. The minimum atomic E-state index is -0.518. The molecule has 3 aromatic rings. The molecule has 0 bridgehead atoms. The molecule has 0 saturated carbocycles. The molecule has 3 N–H and O–H groups in total. The first kappa shape index (κ1) is 21.5. The molecule has 1 unspecified atom stereocenters. The van der Waals surface area contributed by atoms with Crippen LogP contribution in [-0.4, -0.2) is 25.1 Å². The number of anilines is 1. The first-order chi connectivity index (χ1) is 15.4. The number of carbonyl (C=O) groups excluding carboxylic acids is 1. The average molecular weight is 495 g/mol. The third kappa shape index (κ3) is 3.59. The standard InChI is InChI=1S/C23H19BrN4O4/c1-11(29)27-18-7-5-12-4-6-14-19(13-8-16(24)22(31-3)17(9-13)30-2)15(10-25)23(26)32-21(14)20(12)28-18/h4-9,19H,26H2,1-3H3,(H,27,28,29). The van der Waals surface area contributed by atoms with E-state index in [0.29, 0.717) is 33.1 Å². The lowest BCUT2D eigenvalue weighted by molar-refractivity contribution is -0.114. The number of fused-ring (bicyclic) bond motifs is 3. The number of carbonyl (C=O) groups is 1. The number of methoxy groups -OCH3 is 2. The van der Waals surface area contributed by atoms with Gasteiger partial charge in [0.05, 0.1) is 24.6 Å². The summed E-state index contributed by atoms with van der Waals surface area (Å²) in [6, 6.07) is 13.2. The van der Waals surface area contributed by atoms with Crippen LogP contribution in [-0.2, 0) is 4.79 Å². The van der Waals surface area contributed by atoms with Crippen LogP contribution in [0.1, 0.15) is 24.0 Å². The van der Waals surface area contributed by atoms with Crippen LogP contribution in [0, 0.1) is 11.3 Å². The fraction of sp³-hybridized carbons (Fsp3) is 0.174. The van der Waals surface area contributed by atoms with Crippen LogP contribution in [0.5, 0.6) is 17.2 Å². The Hall–Kier alpha value is -3.77. The highest BCUT2D eigenvalue weighted by Crippen LogP contribution is 2.48. The number of nitrogens with one attached hydrogen (secondary N) is 1. The second-order valence-electron chi connectivity index (χ2n) is 7.10. The molecule has 1 aliphatic heterocycles. The molecule has 0 spiro atoms. The molecule has 9 heteroatoms. The molecule has 2 heterocycles. The monoisotopic (exact) mass is 494 g/mol. The Morgan fingerprint density at radius 2 is 2.00 bits per heavy atom. The summed E-state index contributed by atoms with van der Waals surface area (Å²) >= 11 is 3.52. The SMILES string of the molecule is COc1cc(C2C(C#N)=C(N)Oc3c2ccc2ccc(NC(C)=O)nc32)cc(Br)c1OC. The molecular formula is C23H19BrN4O4. The van der Waals surface area contributed by atoms with Crippen LogP contribution < -0.4 is 25.3 Å². The minimum Gasteiger partial charge on any atom is -0.493 e. The molecule has 1 aliphatic rings. The number of amides is 1. The number of pyridine rings is 1. The molecule has 1 amide bonds. The van der Waals surface area contributed by atoms with Crippen molar-refractivity contribution in [1.82, 2.24) is 4.98 Å². The van der Waals surface area contributed by atoms with Gasteiger partial charge in [0.2, 0.25) is 11.8 Å². The van der Waals surface area contributed by atoms with E-state index in [9.17, 15) is 10.1 Å². The van der Waals surface area contributed by atoms with Gasteiger partial charge in [0, 0.05) is 17.9 Å². The number of nitrogens with two attached hydrogens (primary N) is 1. The van der Waals surface area contributed by atoms with Gasteiger partial charge in [0.25, 0.3) is 0 Å². The van der Waals surface area contributed by atoms with E-state index in [1.54, 1.807) is 26.4 Å². The predicted molar refractivity (Wildman–Crippen MR) is 123 cm³/mol. The Labute approximate surface area is 192 Å². The molecular weight excluding hydrogens is 476 g/mol. The van der Waals surface area contributed by atoms with Crippen LogP contribution >= 0.6 is 15.9 Å². The van der Waals surface area contributed by atoms with Gasteiger partial charge in [-0.05, 0) is 45.8 Å². The van der Waals surface area contributed by atoms with Crippen molar-refractivity contribution in [2.45, 2.75) is 12.8 Å². The summed E-state index contributed by atoms with van der Waals surface area (Å²) < 4.78 is 17.5. The predicted octanol–water partition coefficient (Wildman–Crippen LogP) is 4.19. The average Bonchev–Trinajstić information content (AvgIpc) is 2.77. The highest BCUT2D eigenvalue weighted by atomic mass is 79.9. The van der Waals surface area contributed by atoms with Gasteiger partial charge in [0.1, 0.15) is 23.0 Å². The molecule has 1 atom stereocenters. The Balaban J connectivity index is 1.97. The first-order valence-electron chi connectivity index (χ1n) is 9.58. The van der Waals surface area contributed by atoms with Crippen LogP contribution in [0.25, 0.3) is 10.9 Å². The Morgan fingerprint density at radius 3 is 2.66 bits per heavy atom. The number of hydrogen-bond acceptors (Lipinski definition) is 7. The van der Waals surface area contributed by atoms with Crippen LogP contribution in [0.2, 0.25) is 0 Å². The summed E-state index contributed by atoms with van der Waals surface area (Å²) in [6.07, 6.45) is 0. The lowest BCUT2D eigenvalue weighted by Gasteiger charge is -2.28. The van der Waals surface area contributed by atoms with Crippen molar-refractivity contribution < 1.29 is 19.0 Å². The normalized spacial score (nSPS) is 14.9. The van der Waals surface area contributed by atoms with Crippen LogP contribution in [0.3, 0.4) is 0 Å². The molecule has 4 rings (SSSR count). The van der Waals surface area contributed by atoms with Crippen molar-refractivity contribution >= 4 is 38.6 Å². The molecule has 0 radical (unpaired) electrons. The molecule has 8 nitrogen and oxygen atoms in total. The molecule has 32 heavy (non-hydrogen) atoms. The zero-order valence-corrected chi connectivity index (χ0v) is 19.1. The number of ether oxygens (including phenoxy) is 3. The Bertz CT molecular complexity index is 1330. The van der Waals surface area contributed by atoms with E-state index in [1.165, 1.54) is 6.92 Å². The lowest BCUT2D eigenvalue weighted by Crippen LogP contribution is -2.21. The minimum absolute atomic E-state index is 0.00450. The van der Waals surface area contributed by atoms with E-state index < -0.39 is 5.92 Å². The van der Waals surface area contributed by atoms with Gasteiger partial charge < -0.3 is 25.3 Å². The third-order valence-electron chi connectivity index (χ3n) is 5.14. The number of aromatic nitrogens is 1. The molecule has 2 aromatic carbocycles. The third-order valence-corrected chi connectivity index (χ3v) is 5.73. The highest BCUT2D eigenvalue weighted by Gasteiger charge is 2.33. The second-order valence-corrected chi connectivity index (χ2v) is 7.95. The van der Waals surface area contributed by atoms with Gasteiger partial charge in [-0.2, -0.15) is 5.26 Å². The fourth-order valence-electron chi connectivity index (χ4n) is 3.80. The summed E-state index contributed by atoms with van der Waals surface area (Å²) in [4.78, 5) is 16.0. The topological polar surface area (TPSA) is 119 Å². The maximum atomic E-state index is 11.5. The van der Waals surface area contributed by atoms with Crippen LogP contribution in [0.4, 0.5) is 5.82 Å². The van der Waals surface area contributed by atoms with Gasteiger partial charge in [-0.3, -0.25) is 4.79 Å². The molecule has 0 saturated heterocycles. The summed E-state index contributed by atoms with van der Waals surface area (Å²) in [5.41, 5.74) is 8.45. The molecule has 1 aromatic heterocycles. The zero-order valence-electron chi connectivity index (χ0n) is 17.5. The first-order valence-corrected chi connectivity index (χ1v) is 10.4. The van der Waals surface area contributed by atoms with Crippen molar-refractivity contribution in [3.8, 4) is 23.3 Å². The van der Waals surface area contributed by atoms with Gasteiger partial charge in [0.15, 0.2) is 17.2 Å². The highest BCUT2D eigenvalue weighted by molar-refractivity contribution is 9.10. The van der Waals surface area contributed by atoms with Crippen molar-refractivity contribution in [2.75, 3.05) is 19.5 Å². The van der Waals surface area contributed by atoms with Gasteiger partial charge in [-0.1, -0.05) is 12.1 Å². The van der Waals surface area contributed by atoms with E-state index in [1.807, 2.05) is 24.3 Å². The van der Waals surface area contributed by atoms with Crippen molar-refractivity contribution in [1.29, 1.82) is 5.26 Å². The van der Waals surface area contributed by atoms with E-state index in [4.69, 9.17) is 19.9 Å². The van der Waals surface area contributed by atoms with E-state index >= 15 is 0 Å². The molecule has 162 valence electrons. The fourth-order valence-corrected chi connectivity index (χ4v) is 4.42. The summed E-state index contributed by atoms with van der Waals surface area (Å²) in [7, 11) is 3.09. The number of benzene rings is 2. The molecule has 0 aliphatic carbocycles. The smallest absolute Gasteiger partial charge is 0.222 e. The number of hydrogen-bond donors (Lipinski definition) is 2. The summed E-state index contributed by atoms with van der Waals surface area (Å²) in [5.74, 6) is 1.11. The number of halogens is 1.